The van der Waals surface area contributed by atoms with E-state index in [1.54, 1.807) is 23.5 Å². The molecule has 8 heteroatoms. The van der Waals surface area contributed by atoms with Gasteiger partial charge in [-0.2, -0.15) is 4.31 Å². The molecule has 0 radical (unpaired) electrons. The lowest BCUT2D eigenvalue weighted by molar-refractivity contribution is 0.0643. The average Bonchev–Trinajstić information content (AvgIpc) is 3.12. The van der Waals surface area contributed by atoms with E-state index in [0.717, 1.165) is 24.2 Å². The number of methoxy groups -OCH3 is 1. The maximum Gasteiger partial charge on any atom is 0.260 e. The highest BCUT2D eigenvalue weighted by Crippen LogP contribution is 2.34. The molecular weight excluding hydrogens is 414 g/mol. The van der Waals surface area contributed by atoms with Crippen LogP contribution in [0.5, 0.6) is 5.75 Å². The zero-order valence-electron chi connectivity index (χ0n) is 18.3. The summed E-state index contributed by atoms with van der Waals surface area (Å²) in [6.07, 6.45) is 2.38. The SMILES string of the molecule is CO[C@@H]1CCN(S(=O)(=O)c2cccc(NC3CCCOc4ccccc43)n2)[C@@H]1C(C)C. The molecule has 0 aliphatic carbocycles. The minimum atomic E-state index is -3.73. The lowest BCUT2D eigenvalue weighted by atomic mass is 10.0. The maximum absolute atomic E-state index is 13.5. The molecule has 1 aromatic heterocycles. The monoisotopic (exact) mass is 445 g/mol. The molecule has 0 spiro atoms. The zero-order chi connectivity index (χ0) is 22.0. The number of nitrogens with one attached hydrogen (secondary N) is 1. The van der Waals surface area contributed by atoms with Gasteiger partial charge in [-0.3, -0.25) is 0 Å². The molecule has 2 aromatic rings. The first kappa shape index (κ1) is 22.0. The summed E-state index contributed by atoms with van der Waals surface area (Å²) in [4.78, 5) is 4.51. The molecule has 4 rings (SSSR count). The number of anilines is 1. The lowest BCUT2D eigenvalue weighted by Gasteiger charge is -2.29. The van der Waals surface area contributed by atoms with Crippen LogP contribution >= 0.6 is 0 Å². The van der Waals surface area contributed by atoms with Crippen molar-refractivity contribution in [2.75, 3.05) is 25.6 Å². The van der Waals surface area contributed by atoms with Gasteiger partial charge in [0, 0.05) is 19.2 Å². The standard InChI is InChI=1S/C23H31N3O4S/c1-16(2)23-20(29-3)13-14-26(23)31(27,28)22-12-6-11-21(25-22)24-18-9-7-15-30-19-10-5-4-8-17(18)19/h4-6,8,10-12,16,18,20,23H,7,9,13-15H2,1-3H3,(H,24,25)/t18?,20-,23-/m1/s1. The molecular formula is C23H31N3O4S. The summed E-state index contributed by atoms with van der Waals surface area (Å²) in [7, 11) is -2.08. The fourth-order valence-electron chi connectivity index (χ4n) is 4.67. The number of aromatic nitrogens is 1. The minimum Gasteiger partial charge on any atom is -0.493 e. The molecule has 1 unspecified atom stereocenters. The van der Waals surface area contributed by atoms with E-state index in [1.165, 1.54) is 0 Å². The molecule has 1 aromatic carbocycles. The highest BCUT2D eigenvalue weighted by molar-refractivity contribution is 7.89. The highest BCUT2D eigenvalue weighted by Gasteiger charge is 2.43. The van der Waals surface area contributed by atoms with Gasteiger partial charge in [0.2, 0.25) is 0 Å². The third-order valence-electron chi connectivity index (χ3n) is 6.14. The van der Waals surface area contributed by atoms with Crippen LogP contribution in [0.1, 0.15) is 44.7 Å². The number of rotatable bonds is 6. The Balaban J connectivity index is 1.60. The molecule has 3 atom stereocenters. The van der Waals surface area contributed by atoms with Gasteiger partial charge in [0.1, 0.15) is 11.6 Å². The van der Waals surface area contributed by atoms with Crippen molar-refractivity contribution < 1.29 is 17.9 Å². The summed E-state index contributed by atoms with van der Waals surface area (Å²) in [6.45, 7) is 5.17. The number of ether oxygens (including phenoxy) is 2. The molecule has 1 fully saturated rings. The largest absolute Gasteiger partial charge is 0.493 e. The molecule has 7 nitrogen and oxygen atoms in total. The van der Waals surface area contributed by atoms with Crippen LogP contribution in [0.2, 0.25) is 0 Å². The van der Waals surface area contributed by atoms with Crippen molar-refractivity contribution in [3.63, 3.8) is 0 Å². The Kier molecular flexibility index (Phi) is 6.50. The van der Waals surface area contributed by atoms with E-state index >= 15 is 0 Å². The first-order chi connectivity index (χ1) is 14.9. The predicted molar refractivity (Wildman–Crippen MR) is 120 cm³/mol. The third-order valence-corrected chi connectivity index (χ3v) is 7.94. The van der Waals surface area contributed by atoms with Crippen molar-refractivity contribution >= 4 is 15.8 Å². The highest BCUT2D eigenvalue weighted by atomic mass is 32.2. The number of benzene rings is 1. The summed E-state index contributed by atoms with van der Waals surface area (Å²) < 4.78 is 39.9. The second kappa shape index (κ2) is 9.14. The normalized spacial score (nSPS) is 24.5. The van der Waals surface area contributed by atoms with E-state index in [1.807, 2.05) is 44.2 Å². The van der Waals surface area contributed by atoms with E-state index in [4.69, 9.17) is 9.47 Å². The van der Waals surface area contributed by atoms with Crippen LogP contribution < -0.4 is 10.1 Å². The fraction of sp³-hybridized carbons (Fsp3) is 0.522. The van der Waals surface area contributed by atoms with Crippen LogP contribution in [0.3, 0.4) is 0 Å². The number of hydrogen-bond donors (Lipinski definition) is 1. The van der Waals surface area contributed by atoms with Crippen molar-refractivity contribution in [3.8, 4) is 5.75 Å². The number of sulfonamides is 1. The molecule has 0 saturated carbocycles. The summed E-state index contributed by atoms with van der Waals surface area (Å²) in [5.74, 6) is 1.56. The van der Waals surface area contributed by atoms with Gasteiger partial charge in [0.25, 0.3) is 10.0 Å². The van der Waals surface area contributed by atoms with E-state index in [-0.39, 0.29) is 29.1 Å². The molecule has 168 valence electrons. The van der Waals surface area contributed by atoms with Gasteiger partial charge in [-0.25, -0.2) is 13.4 Å². The van der Waals surface area contributed by atoms with Gasteiger partial charge in [-0.15, -0.1) is 0 Å². The number of hydrogen-bond acceptors (Lipinski definition) is 6. The van der Waals surface area contributed by atoms with Crippen molar-refractivity contribution in [2.24, 2.45) is 5.92 Å². The van der Waals surface area contributed by atoms with Crippen LogP contribution in [0.15, 0.2) is 47.5 Å². The van der Waals surface area contributed by atoms with Gasteiger partial charge in [0.05, 0.1) is 24.8 Å². The molecule has 2 aliphatic heterocycles. The molecule has 0 bridgehead atoms. The van der Waals surface area contributed by atoms with Crippen molar-refractivity contribution in [3.05, 3.63) is 48.0 Å². The quantitative estimate of drug-likeness (QED) is 0.728. The Labute approximate surface area is 184 Å². The number of fused-ring (bicyclic) bond motifs is 1. The van der Waals surface area contributed by atoms with Crippen LogP contribution in [0.4, 0.5) is 5.82 Å². The molecule has 1 saturated heterocycles. The van der Waals surface area contributed by atoms with Crippen LogP contribution in [-0.4, -0.2) is 50.1 Å². The summed E-state index contributed by atoms with van der Waals surface area (Å²) >= 11 is 0. The molecule has 2 aliphatic rings. The Hall–Kier alpha value is -2.16. The van der Waals surface area contributed by atoms with E-state index < -0.39 is 10.0 Å². The number of nitrogens with zero attached hydrogens (tertiary/aromatic N) is 2. The topological polar surface area (TPSA) is 80.8 Å². The van der Waals surface area contributed by atoms with E-state index in [0.29, 0.717) is 25.4 Å². The van der Waals surface area contributed by atoms with Gasteiger partial charge < -0.3 is 14.8 Å². The maximum atomic E-state index is 13.5. The van der Waals surface area contributed by atoms with Crippen molar-refractivity contribution in [1.82, 2.24) is 9.29 Å². The Morgan fingerprint density at radius 2 is 1.97 bits per heavy atom. The molecule has 1 N–H and O–H groups in total. The Bertz CT molecular complexity index is 1010. The smallest absolute Gasteiger partial charge is 0.260 e. The van der Waals surface area contributed by atoms with Gasteiger partial charge >= 0.3 is 0 Å². The van der Waals surface area contributed by atoms with Gasteiger partial charge in [-0.05, 0) is 43.4 Å². The minimum absolute atomic E-state index is 0.0113. The number of para-hydroxylation sites is 1. The third kappa shape index (κ3) is 4.42. The van der Waals surface area contributed by atoms with Crippen LogP contribution in [-0.2, 0) is 14.8 Å². The van der Waals surface area contributed by atoms with Crippen LogP contribution in [0.25, 0.3) is 0 Å². The summed E-state index contributed by atoms with van der Waals surface area (Å²) in [6, 6.07) is 12.9. The summed E-state index contributed by atoms with van der Waals surface area (Å²) in [5, 5.41) is 3.50. The van der Waals surface area contributed by atoms with Crippen molar-refractivity contribution in [2.45, 2.75) is 56.3 Å². The second-order valence-electron chi connectivity index (χ2n) is 8.50. The zero-order valence-corrected chi connectivity index (χ0v) is 19.1. The molecule has 31 heavy (non-hydrogen) atoms. The molecule has 0 amide bonds. The van der Waals surface area contributed by atoms with Gasteiger partial charge in [-0.1, -0.05) is 38.1 Å². The number of pyridine rings is 1. The average molecular weight is 446 g/mol. The Morgan fingerprint density at radius 3 is 2.74 bits per heavy atom. The molecule has 3 heterocycles. The first-order valence-corrected chi connectivity index (χ1v) is 12.4. The fourth-order valence-corrected chi connectivity index (χ4v) is 6.42. The van der Waals surface area contributed by atoms with Crippen molar-refractivity contribution in [1.29, 1.82) is 0 Å². The van der Waals surface area contributed by atoms with Crippen LogP contribution in [0, 0.1) is 5.92 Å². The van der Waals surface area contributed by atoms with E-state index in [9.17, 15) is 8.42 Å². The van der Waals surface area contributed by atoms with Gasteiger partial charge in [0.15, 0.2) is 5.03 Å². The first-order valence-electron chi connectivity index (χ1n) is 10.9. The predicted octanol–water partition coefficient (Wildman–Crippen LogP) is 3.84. The van der Waals surface area contributed by atoms with E-state index in [2.05, 4.69) is 10.3 Å². The Morgan fingerprint density at radius 1 is 1.16 bits per heavy atom. The lowest BCUT2D eigenvalue weighted by Crippen LogP contribution is -2.43. The second-order valence-corrected chi connectivity index (χ2v) is 10.3. The summed E-state index contributed by atoms with van der Waals surface area (Å²) in [5.41, 5.74) is 1.07.